The Hall–Kier alpha value is -2.14. The molecule has 0 aliphatic rings. The molecule has 5 heteroatoms. The quantitative estimate of drug-likeness (QED) is 0.258. The Bertz CT molecular complexity index is 888. The maximum Gasteiger partial charge on any atom is 0.185 e. The summed E-state index contributed by atoms with van der Waals surface area (Å²) in [6.07, 6.45) is 8.54. The van der Waals surface area contributed by atoms with Crippen LogP contribution in [0.4, 0.5) is 0 Å². The normalized spacial score (nSPS) is 14.1. The number of aromatic nitrogens is 3. The van der Waals surface area contributed by atoms with Crippen molar-refractivity contribution in [2.75, 3.05) is 0 Å². The van der Waals surface area contributed by atoms with Crippen LogP contribution in [0.5, 0.6) is 5.75 Å². The van der Waals surface area contributed by atoms with E-state index < -0.39 is 13.4 Å². The van der Waals surface area contributed by atoms with Crippen molar-refractivity contribution in [2.45, 2.75) is 76.9 Å². The zero-order valence-electron chi connectivity index (χ0n) is 18.4. The van der Waals surface area contributed by atoms with Gasteiger partial charge in [0.25, 0.3) is 0 Å². The molecule has 3 rings (SSSR count). The summed E-state index contributed by atoms with van der Waals surface area (Å²) in [5.41, 5.74) is 1.98. The monoisotopic (exact) mass is 409 g/mol. The third-order valence-corrected chi connectivity index (χ3v) is 8.67. The fraction of sp³-hybridized carbons (Fsp3) is 0.500. The number of nitrogens with zero attached hydrogens (tertiary/aromatic N) is 3. The maximum atomic E-state index is 6.87. The summed E-state index contributed by atoms with van der Waals surface area (Å²) in [4.78, 5) is 0. The predicted molar refractivity (Wildman–Crippen MR) is 124 cm³/mol. The molecule has 0 spiro atoms. The molecule has 0 aliphatic carbocycles. The number of ether oxygens (including phenoxy) is 1. The molecule has 0 fully saturated rings. The smallest absolute Gasteiger partial charge is 0.185 e. The molecule has 1 heterocycles. The van der Waals surface area contributed by atoms with Crippen LogP contribution in [-0.4, -0.2) is 23.1 Å². The van der Waals surface area contributed by atoms with Crippen molar-refractivity contribution in [2.24, 2.45) is 0 Å². The van der Waals surface area contributed by atoms with E-state index in [0.29, 0.717) is 0 Å². The van der Waals surface area contributed by atoms with Gasteiger partial charge in [0.15, 0.2) is 5.35 Å². The van der Waals surface area contributed by atoms with Gasteiger partial charge in [0.2, 0.25) is 0 Å². The van der Waals surface area contributed by atoms with E-state index in [9.17, 15) is 0 Å². The van der Waals surface area contributed by atoms with Crippen LogP contribution >= 0.6 is 0 Å². The van der Waals surface area contributed by atoms with E-state index >= 15 is 0 Å². The van der Waals surface area contributed by atoms with Gasteiger partial charge in [-0.2, -0.15) is 0 Å². The van der Waals surface area contributed by atoms with Crippen molar-refractivity contribution < 1.29 is 4.74 Å². The molecule has 0 aliphatic heterocycles. The van der Waals surface area contributed by atoms with Crippen LogP contribution in [0.25, 0.3) is 11.0 Å². The minimum atomic E-state index is -1.88. The van der Waals surface area contributed by atoms with E-state index in [2.05, 4.69) is 65.8 Å². The summed E-state index contributed by atoms with van der Waals surface area (Å²) < 4.78 is 8.96. The van der Waals surface area contributed by atoms with Crippen molar-refractivity contribution in [1.82, 2.24) is 15.0 Å². The van der Waals surface area contributed by atoms with Gasteiger partial charge < -0.3 is 4.74 Å². The molecule has 29 heavy (non-hydrogen) atoms. The molecule has 1 aromatic heterocycles. The highest BCUT2D eigenvalue weighted by Crippen LogP contribution is 2.38. The average Bonchev–Trinajstić information content (AvgIpc) is 3.14. The third-order valence-electron chi connectivity index (χ3n) is 5.76. The molecule has 3 aromatic rings. The van der Waals surface area contributed by atoms with Crippen LogP contribution in [0.1, 0.15) is 51.9 Å². The van der Waals surface area contributed by atoms with Crippen LogP contribution in [0.3, 0.4) is 0 Å². The molecule has 1 atom stereocenters. The number of benzene rings is 2. The number of hydrogen-bond acceptors (Lipinski definition) is 3. The van der Waals surface area contributed by atoms with Crippen molar-refractivity contribution in [3.8, 4) is 5.75 Å². The second-order valence-corrected chi connectivity index (χ2v) is 14.2. The standard InChI is InChI=1S/C24H35N3OSi/c1-5-6-7-8-9-15-20-24(29(2,3)4,28-21-16-11-10-12-17-21)27-23-19-14-13-18-22(23)25-26-27/h10-14,16-19H,5-9,15,20H2,1-4H3. The Kier molecular flexibility index (Phi) is 7.12. The second kappa shape index (κ2) is 9.57. The molecule has 156 valence electrons. The molecule has 0 radical (unpaired) electrons. The van der Waals surface area contributed by atoms with Gasteiger partial charge in [0.1, 0.15) is 19.3 Å². The molecule has 0 bridgehead atoms. The first kappa shape index (κ1) is 21.6. The summed E-state index contributed by atoms with van der Waals surface area (Å²) in [7, 11) is -1.88. The fourth-order valence-electron chi connectivity index (χ4n) is 4.01. The number of unbranched alkanes of at least 4 members (excludes halogenated alkanes) is 5. The largest absolute Gasteiger partial charge is 0.470 e. The zero-order chi connectivity index (χ0) is 20.7. The Morgan fingerprint density at radius 1 is 0.862 bits per heavy atom. The lowest BCUT2D eigenvalue weighted by Gasteiger charge is -2.44. The number of rotatable bonds is 11. The van der Waals surface area contributed by atoms with Crippen LogP contribution < -0.4 is 4.74 Å². The first-order valence-electron chi connectivity index (χ1n) is 11.0. The minimum Gasteiger partial charge on any atom is -0.470 e. The van der Waals surface area contributed by atoms with Gasteiger partial charge >= 0.3 is 0 Å². The Labute approximate surface area is 176 Å². The van der Waals surface area contributed by atoms with Gasteiger partial charge in [-0.1, -0.05) is 94.2 Å². The van der Waals surface area contributed by atoms with Crippen LogP contribution in [0.2, 0.25) is 19.6 Å². The summed E-state index contributed by atoms with van der Waals surface area (Å²) in [6.45, 7) is 9.40. The lowest BCUT2D eigenvalue weighted by molar-refractivity contribution is 0.0450. The van der Waals surface area contributed by atoms with E-state index in [1.54, 1.807) is 0 Å². The highest BCUT2D eigenvalue weighted by Gasteiger charge is 2.49. The Morgan fingerprint density at radius 3 is 2.24 bits per heavy atom. The highest BCUT2D eigenvalue weighted by molar-refractivity contribution is 6.78. The molecular weight excluding hydrogens is 374 g/mol. The number of fused-ring (bicyclic) bond motifs is 1. The lowest BCUT2D eigenvalue weighted by Crippen LogP contribution is -2.58. The topological polar surface area (TPSA) is 39.9 Å². The minimum absolute atomic E-state index is 0.477. The van der Waals surface area contributed by atoms with E-state index in [0.717, 1.165) is 29.6 Å². The van der Waals surface area contributed by atoms with Gasteiger partial charge in [-0.05, 0) is 30.7 Å². The first-order valence-corrected chi connectivity index (χ1v) is 14.5. The number of hydrogen-bond donors (Lipinski definition) is 0. The second-order valence-electron chi connectivity index (χ2n) is 8.96. The Morgan fingerprint density at radius 2 is 1.52 bits per heavy atom. The van der Waals surface area contributed by atoms with Crippen molar-refractivity contribution in [1.29, 1.82) is 0 Å². The SMILES string of the molecule is CCCCCCCCC(Oc1ccccc1)(n1nnc2ccccc21)[Si](C)(C)C. The predicted octanol–water partition coefficient (Wildman–Crippen LogP) is 6.79. The van der Waals surface area contributed by atoms with Gasteiger partial charge in [0.05, 0.1) is 5.52 Å². The summed E-state index contributed by atoms with van der Waals surface area (Å²) in [5.74, 6) is 0.903. The van der Waals surface area contributed by atoms with Gasteiger partial charge in [-0.3, -0.25) is 0 Å². The van der Waals surface area contributed by atoms with E-state index in [-0.39, 0.29) is 0 Å². The summed E-state index contributed by atoms with van der Waals surface area (Å²) in [5, 5.41) is 8.62. The Balaban J connectivity index is 1.98. The van der Waals surface area contributed by atoms with E-state index in [1.165, 1.54) is 32.1 Å². The highest BCUT2D eigenvalue weighted by atomic mass is 28.3. The van der Waals surface area contributed by atoms with Crippen LogP contribution in [-0.2, 0) is 5.35 Å². The number of para-hydroxylation sites is 2. The lowest BCUT2D eigenvalue weighted by atomic mass is 10.1. The summed E-state index contributed by atoms with van der Waals surface area (Å²) in [6, 6.07) is 18.4. The van der Waals surface area contributed by atoms with Crippen LogP contribution in [0.15, 0.2) is 54.6 Å². The fourth-order valence-corrected chi connectivity index (χ4v) is 6.16. The first-order chi connectivity index (χ1) is 14.0. The van der Waals surface area contributed by atoms with Gasteiger partial charge in [0, 0.05) is 6.42 Å². The molecule has 0 amide bonds. The van der Waals surface area contributed by atoms with Gasteiger partial charge in [-0.25, -0.2) is 4.68 Å². The van der Waals surface area contributed by atoms with Crippen molar-refractivity contribution in [3.05, 3.63) is 54.6 Å². The summed E-state index contributed by atoms with van der Waals surface area (Å²) >= 11 is 0. The van der Waals surface area contributed by atoms with Crippen molar-refractivity contribution >= 4 is 19.1 Å². The van der Waals surface area contributed by atoms with Crippen LogP contribution in [0, 0.1) is 0 Å². The van der Waals surface area contributed by atoms with E-state index in [4.69, 9.17) is 4.74 Å². The molecule has 2 aromatic carbocycles. The van der Waals surface area contributed by atoms with Crippen molar-refractivity contribution in [3.63, 3.8) is 0 Å². The molecule has 0 saturated heterocycles. The third kappa shape index (κ3) is 4.89. The van der Waals surface area contributed by atoms with E-state index in [1.807, 2.05) is 30.3 Å². The zero-order valence-corrected chi connectivity index (χ0v) is 19.4. The van der Waals surface area contributed by atoms with Gasteiger partial charge in [-0.15, -0.1) is 5.10 Å². The average molecular weight is 410 g/mol. The maximum absolute atomic E-state index is 6.87. The molecule has 1 unspecified atom stereocenters. The molecule has 4 nitrogen and oxygen atoms in total. The molecular formula is C24H35N3OSi. The molecule has 0 N–H and O–H groups in total. The molecule has 0 saturated carbocycles.